The molecule has 1 amide bonds. The number of ketones is 1. The number of carbonyl (C=O) groups excluding carboxylic acids is 2. The van der Waals surface area contributed by atoms with Crippen LogP contribution in [0.2, 0.25) is 25.7 Å². The molecule has 0 bridgehead atoms. The molecule has 0 fully saturated rings. The van der Waals surface area contributed by atoms with Crippen molar-refractivity contribution >= 4 is 52.5 Å². The molecule has 0 radical (unpaired) electrons. The monoisotopic (exact) mass is 615 g/mol. The van der Waals surface area contributed by atoms with Crippen molar-refractivity contribution < 1.29 is 14.3 Å². The molecule has 1 unspecified atom stereocenters. The van der Waals surface area contributed by atoms with E-state index in [2.05, 4.69) is 45.9 Å². The predicted molar refractivity (Wildman–Crippen MR) is 157 cm³/mol. The molecule has 1 aliphatic heterocycles. The first-order valence-corrected chi connectivity index (χ1v) is 17.3. The number of Topliss-reactive ketones (excluding diaryl/α,β-unsaturated/α-hetero) is 1. The summed E-state index contributed by atoms with van der Waals surface area (Å²) in [5, 5.41) is 2.82. The number of ether oxygens (including phenoxy) is 1. The van der Waals surface area contributed by atoms with E-state index >= 15 is 0 Å². The van der Waals surface area contributed by atoms with E-state index < -0.39 is 37.6 Å². The Morgan fingerprint density at radius 2 is 1.90 bits per heavy atom. The van der Waals surface area contributed by atoms with E-state index in [1.165, 1.54) is 11.6 Å². The maximum Gasteiger partial charge on any atom is 0.332 e. The van der Waals surface area contributed by atoms with Crippen LogP contribution in [0, 0.1) is 0 Å². The number of nitrogens with one attached hydrogen (secondary N) is 1. The van der Waals surface area contributed by atoms with Crippen LogP contribution in [0.1, 0.15) is 35.7 Å². The number of aryl methyl sites for hydroxylation is 1. The van der Waals surface area contributed by atoms with Crippen LogP contribution in [0.15, 0.2) is 44.2 Å². The summed E-state index contributed by atoms with van der Waals surface area (Å²) < 4.78 is 10.1. The van der Waals surface area contributed by atoms with E-state index in [0.29, 0.717) is 29.1 Å². The molecular weight excluding hydrogens is 582 g/mol. The molecule has 39 heavy (non-hydrogen) atoms. The number of halogens is 1. The zero-order valence-electron chi connectivity index (χ0n) is 23.1. The third-order valence-corrected chi connectivity index (χ3v) is 9.10. The van der Waals surface area contributed by atoms with Gasteiger partial charge < -0.3 is 14.6 Å². The van der Waals surface area contributed by atoms with Gasteiger partial charge in [-0.25, -0.2) is 9.78 Å². The van der Waals surface area contributed by atoms with E-state index in [0.717, 1.165) is 16.2 Å². The van der Waals surface area contributed by atoms with E-state index in [1.54, 1.807) is 22.8 Å². The van der Waals surface area contributed by atoms with Crippen molar-refractivity contribution in [2.24, 2.45) is 7.05 Å². The molecule has 12 heteroatoms. The van der Waals surface area contributed by atoms with Crippen molar-refractivity contribution in [3.63, 3.8) is 0 Å². The molecule has 3 heterocycles. The fraction of sp³-hybridized carbons (Fsp3) is 0.444. The molecule has 4 rings (SSSR count). The number of amides is 1. The largest absolute Gasteiger partial charge is 0.381 e. The minimum atomic E-state index is -1.26. The summed E-state index contributed by atoms with van der Waals surface area (Å²) >= 11 is 3.39. The number of allylic oxidation sites excluding steroid dienone is 2. The summed E-state index contributed by atoms with van der Waals surface area (Å²) in [5.74, 6) is -1.22. The van der Waals surface area contributed by atoms with Crippen LogP contribution in [-0.2, 0) is 29.7 Å². The highest BCUT2D eigenvalue weighted by molar-refractivity contribution is 9.10. The number of para-hydroxylation sites is 1. The lowest BCUT2D eigenvalue weighted by Gasteiger charge is -2.16. The molecule has 0 spiro atoms. The maximum absolute atomic E-state index is 13.5. The smallest absolute Gasteiger partial charge is 0.332 e. The molecule has 208 valence electrons. The first-order valence-electron chi connectivity index (χ1n) is 12.8. The Labute approximate surface area is 235 Å². The van der Waals surface area contributed by atoms with Crippen LogP contribution in [0.25, 0.3) is 11.2 Å². The number of imidazole rings is 1. The Morgan fingerprint density at radius 1 is 1.18 bits per heavy atom. The third-order valence-electron chi connectivity index (χ3n) is 6.79. The van der Waals surface area contributed by atoms with Crippen LogP contribution in [0.4, 0.5) is 5.69 Å². The van der Waals surface area contributed by atoms with Gasteiger partial charge in [-0.3, -0.25) is 23.5 Å². The Bertz CT molecular complexity index is 1610. The molecule has 0 aliphatic carbocycles. The van der Waals surface area contributed by atoms with Gasteiger partial charge in [-0.2, -0.15) is 0 Å². The summed E-state index contributed by atoms with van der Waals surface area (Å²) in [4.78, 5) is 57.3. The maximum atomic E-state index is 13.5. The zero-order valence-corrected chi connectivity index (χ0v) is 25.7. The topological polar surface area (TPSA) is 117 Å². The standard InChI is InChI=1S/C27H34BrN5O5Si/c1-16(2)10-11-32-22-23(30-26(32)28)31(3)27(37)33(25(22)36)14-20(34)18-9-7-8-17-19(24(35)29-21(17)18)15-38-12-13-39(4,5)6/h7-10,19H,11-15H2,1-6H3,(H,29,35). The average Bonchev–Trinajstić information content (AvgIpc) is 3.36. The Balaban J connectivity index is 1.65. The van der Waals surface area contributed by atoms with E-state index in [-0.39, 0.29) is 29.2 Å². The SMILES string of the molecule is CC(C)=CCn1c(Br)nc2c1c(=O)n(CC(=O)c1cccc3c1NC(=O)C3COCC[Si](C)(C)C)c(=O)n2C. The lowest BCUT2D eigenvalue weighted by Crippen LogP contribution is -2.41. The molecule has 1 atom stereocenters. The van der Waals surface area contributed by atoms with Crippen molar-refractivity contribution in [2.45, 2.75) is 58.5 Å². The van der Waals surface area contributed by atoms with Gasteiger partial charge in [0.15, 0.2) is 21.7 Å². The molecule has 1 aliphatic rings. The van der Waals surface area contributed by atoms with E-state index in [1.807, 2.05) is 19.9 Å². The highest BCUT2D eigenvalue weighted by Gasteiger charge is 2.34. The summed E-state index contributed by atoms with van der Waals surface area (Å²) in [6, 6.07) is 6.09. The summed E-state index contributed by atoms with van der Waals surface area (Å²) in [7, 11) is 0.254. The molecule has 1 aromatic carbocycles. The number of aromatic nitrogens is 4. The van der Waals surface area contributed by atoms with Gasteiger partial charge in [-0.15, -0.1) is 0 Å². The minimum Gasteiger partial charge on any atom is -0.381 e. The Hall–Kier alpha value is -3.09. The number of benzene rings is 1. The second kappa shape index (κ2) is 11.2. The number of hydrogen-bond acceptors (Lipinski definition) is 6. The number of rotatable bonds is 10. The fourth-order valence-corrected chi connectivity index (χ4v) is 5.73. The quantitative estimate of drug-likeness (QED) is 0.121. The van der Waals surface area contributed by atoms with Crippen molar-refractivity contribution in [1.82, 2.24) is 18.7 Å². The highest BCUT2D eigenvalue weighted by atomic mass is 79.9. The first-order chi connectivity index (χ1) is 18.3. The molecular formula is C27H34BrN5O5Si. The van der Waals surface area contributed by atoms with Crippen molar-refractivity contribution in [3.05, 3.63) is 66.5 Å². The zero-order chi connectivity index (χ0) is 28.6. The first kappa shape index (κ1) is 28.9. The molecule has 0 saturated carbocycles. The second-order valence-corrected chi connectivity index (χ2v) is 17.6. The van der Waals surface area contributed by atoms with Crippen LogP contribution >= 0.6 is 15.9 Å². The summed E-state index contributed by atoms with van der Waals surface area (Å²) in [6.45, 7) is 11.4. The number of anilines is 1. The van der Waals surface area contributed by atoms with Crippen LogP contribution in [0.3, 0.4) is 0 Å². The van der Waals surface area contributed by atoms with E-state index in [4.69, 9.17) is 4.74 Å². The normalized spacial score (nSPS) is 14.9. The number of fused-ring (bicyclic) bond motifs is 2. The Kier molecular flexibility index (Phi) is 8.29. The molecule has 3 aromatic rings. The lowest BCUT2D eigenvalue weighted by molar-refractivity contribution is -0.118. The van der Waals surface area contributed by atoms with Crippen LogP contribution < -0.4 is 16.6 Å². The summed E-state index contributed by atoms with van der Waals surface area (Å²) in [6.07, 6.45) is 1.94. The van der Waals surface area contributed by atoms with Gasteiger partial charge in [0.25, 0.3) is 5.56 Å². The van der Waals surface area contributed by atoms with Crippen molar-refractivity contribution in [2.75, 3.05) is 18.5 Å². The van der Waals surface area contributed by atoms with Gasteiger partial charge in [-0.1, -0.05) is 43.4 Å². The van der Waals surface area contributed by atoms with Crippen LogP contribution in [-0.4, -0.2) is 51.7 Å². The highest BCUT2D eigenvalue weighted by Crippen LogP contribution is 2.36. The number of carbonyl (C=O) groups is 2. The number of nitrogens with zero attached hydrogens (tertiary/aromatic N) is 4. The van der Waals surface area contributed by atoms with Crippen LogP contribution in [0.5, 0.6) is 0 Å². The molecule has 10 nitrogen and oxygen atoms in total. The summed E-state index contributed by atoms with van der Waals surface area (Å²) in [5.41, 5.74) is 1.59. The second-order valence-electron chi connectivity index (χ2n) is 11.3. The number of hydrogen-bond donors (Lipinski definition) is 1. The van der Waals surface area contributed by atoms with Gasteiger partial charge in [0.05, 0.1) is 24.8 Å². The average molecular weight is 617 g/mol. The van der Waals surface area contributed by atoms with Crippen molar-refractivity contribution in [1.29, 1.82) is 0 Å². The molecule has 2 aromatic heterocycles. The van der Waals surface area contributed by atoms with Gasteiger partial charge in [0.2, 0.25) is 5.91 Å². The molecule has 1 N–H and O–H groups in total. The van der Waals surface area contributed by atoms with Gasteiger partial charge in [0.1, 0.15) is 0 Å². The van der Waals surface area contributed by atoms with Gasteiger partial charge in [-0.05, 0) is 47.5 Å². The van der Waals surface area contributed by atoms with Gasteiger partial charge >= 0.3 is 5.69 Å². The molecule has 0 saturated heterocycles. The lowest BCUT2D eigenvalue weighted by atomic mass is 9.97. The minimum absolute atomic E-state index is 0.219. The fourth-order valence-electron chi connectivity index (χ4n) is 4.48. The van der Waals surface area contributed by atoms with Gasteiger partial charge in [0, 0.05) is 33.8 Å². The van der Waals surface area contributed by atoms with Crippen molar-refractivity contribution in [3.8, 4) is 0 Å². The third kappa shape index (κ3) is 5.92. The predicted octanol–water partition coefficient (Wildman–Crippen LogP) is 3.90. The van der Waals surface area contributed by atoms with E-state index in [9.17, 15) is 19.2 Å². The Morgan fingerprint density at radius 3 is 2.56 bits per heavy atom.